The van der Waals surface area contributed by atoms with Gasteiger partial charge in [-0.1, -0.05) is 17.7 Å². The van der Waals surface area contributed by atoms with E-state index in [4.69, 9.17) is 21.1 Å². The maximum atomic E-state index is 11.8. The molecular weight excluding hydrogens is 368 g/mol. The molecule has 2 saturated heterocycles. The van der Waals surface area contributed by atoms with Crippen molar-refractivity contribution < 1.29 is 19.4 Å². The van der Waals surface area contributed by atoms with Crippen LogP contribution in [0, 0.1) is 0 Å². The summed E-state index contributed by atoms with van der Waals surface area (Å²) in [5.74, 6) is 0.685. The molecule has 1 aromatic carbocycles. The van der Waals surface area contributed by atoms with Gasteiger partial charge in [0.2, 0.25) is 0 Å². The summed E-state index contributed by atoms with van der Waals surface area (Å²) in [4.78, 5) is 16.0. The molecule has 3 rings (SSSR count). The van der Waals surface area contributed by atoms with E-state index in [1.807, 2.05) is 19.1 Å². The molecule has 0 unspecified atom stereocenters. The van der Waals surface area contributed by atoms with Crippen LogP contribution in [-0.4, -0.2) is 72.0 Å². The lowest BCUT2D eigenvalue weighted by Gasteiger charge is -2.44. The van der Waals surface area contributed by atoms with E-state index in [1.54, 1.807) is 17.0 Å². The minimum Gasteiger partial charge on any atom is -0.491 e. The van der Waals surface area contributed by atoms with Crippen molar-refractivity contribution in [2.24, 2.45) is 0 Å². The Morgan fingerprint density at radius 2 is 1.96 bits per heavy atom. The maximum Gasteiger partial charge on any atom is 0.409 e. The Kier molecular flexibility index (Phi) is 6.84. The predicted molar refractivity (Wildman–Crippen MR) is 104 cm³/mol. The standard InChI is InChI=1S/C20H29ClN2O4/c1-2-26-19(24)23-10-6-17(7-11-23)22-12-8-20(25,9-13-22)15-27-18-5-3-4-16(21)14-18/h3-5,14,17,25H,2,6-13,15H2,1H3. The van der Waals surface area contributed by atoms with E-state index in [-0.39, 0.29) is 12.7 Å². The van der Waals surface area contributed by atoms with Gasteiger partial charge in [-0.25, -0.2) is 4.79 Å². The zero-order valence-electron chi connectivity index (χ0n) is 15.9. The highest BCUT2D eigenvalue weighted by Crippen LogP contribution is 2.28. The van der Waals surface area contributed by atoms with Gasteiger partial charge in [-0.15, -0.1) is 0 Å². The summed E-state index contributed by atoms with van der Waals surface area (Å²) in [6.07, 6.45) is 3.08. The van der Waals surface area contributed by atoms with Crippen molar-refractivity contribution in [2.45, 2.75) is 44.2 Å². The number of benzene rings is 1. The summed E-state index contributed by atoms with van der Waals surface area (Å²) in [5.41, 5.74) is -0.801. The Bertz CT molecular complexity index is 626. The van der Waals surface area contributed by atoms with Crippen LogP contribution in [0.1, 0.15) is 32.6 Å². The van der Waals surface area contributed by atoms with Gasteiger partial charge in [-0.05, 0) is 50.8 Å². The van der Waals surface area contributed by atoms with Crippen LogP contribution >= 0.6 is 11.6 Å². The quantitative estimate of drug-likeness (QED) is 0.828. The maximum absolute atomic E-state index is 11.8. The number of carbonyl (C=O) groups excluding carboxylic acids is 1. The molecule has 0 atom stereocenters. The normalized spacial score (nSPS) is 21.1. The topological polar surface area (TPSA) is 62.2 Å². The second-order valence-corrected chi connectivity index (χ2v) is 7.86. The van der Waals surface area contributed by atoms with E-state index in [0.717, 1.165) is 39.0 Å². The van der Waals surface area contributed by atoms with Crippen LogP contribution < -0.4 is 4.74 Å². The summed E-state index contributed by atoms with van der Waals surface area (Å²) in [6, 6.07) is 7.72. The number of piperidine rings is 2. The van der Waals surface area contributed by atoms with E-state index in [0.29, 0.717) is 36.3 Å². The molecule has 0 spiro atoms. The molecule has 0 bridgehead atoms. The molecule has 150 valence electrons. The summed E-state index contributed by atoms with van der Waals surface area (Å²) in [5, 5.41) is 11.5. The zero-order valence-corrected chi connectivity index (χ0v) is 16.7. The number of rotatable bonds is 5. The first-order valence-corrected chi connectivity index (χ1v) is 10.1. The van der Waals surface area contributed by atoms with E-state index < -0.39 is 5.60 Å². The number of ether oxygens (including phenoxy) is 2. The van der Waals surface area contributed by atoms with Gasteiger partial charge < -0.3 is 24.4 Å². The largest absolute Gasteiger partial charge is 0.491 e. The second-order valence-electron chi connectivity index (χ2n) is 7.42. The number of hydrogen-bond acceptors (Lipinski definition) is 5. The third kappa shape index (κ3) is 5.50. The Labute approximate surface area is 166 Å². The summed E-state index contributed by atoms with van der Waals surface area (Å²) in [7, 11) is 0. The van der Waals surface area contributed by atoms with Crippen LogP contribution in [-0.2, 0) is 4.74 Å². The summed E-state index contributed by atoms with van der Waals surface area (Å²) >= 11 is 5.97. The molecule has 1 N–H and O–H groups in total. The number of halogens is 1. The van der Waals surface area contributed by atoms with Crippen molar-refractivity contribution in [3.8, 4) is 5.75 Å². The van der Waals surface area contributed by atoms with Gasteiger partial charge in [0.25, 0.3) is 0 Å². The van der Waals surface area contributed by atoms with Crippen LogP contribution in [0.15, 0.2) is 24.3 Å². The minimum atomic E-state index is -0.801. The van der Waals surface area contributed by atoms with Crippen molar-refractivity contribution >= 4 is 17.7 Å². The number of likely N-dealkylation sites (tertiary alicyclic amines) is 2. The van der Waals surface area contributed by atoms with Crippen molar-refractivity contribution in [3.63, 3.8) is 0 Å². The number of nitrogens with zero attached hydrogens (tertiary/aromatic N) is 2. The molecule has 0 radical (unpaired) electrons. The average Bonchev–Trinajstić information content (AvgIpc) is 2.68. The Morgan fingerprint density at radius 1 is 1.26 bits per heavy atom. The molecular formula is C20H29ClN2O4. The van der Waals surface area contributed by atoms with Gasteiger partial charge in [0, 0.05) is 37.2 Å². The number of hydrogen-bond donors (Lipinski definition) is 1. The summed E-state index contributed by atoms with van der Waals surface area (Å²) in [6.45, 7) is 5.70. The lowest BCUT2D eigenvalue weighted by atomic mass is 9.90. The van der Waals surface area contributed by atoms with Crippen molar-refractivity contribution in [1.82, 2.24) is 9.80 Å². The summed E-state index contributed by atoms with van der Waals surface area (Å²) < 4.78 is 10.8. The first-order chi connectivity index (χ1) is 13.0. The molecule has 27 heavy (non-hydrogen) atoms. The van der Waals surface area contributed by atoms with E-state index in [2.05, 4.69) is 4.90 Å². The van der Waals surface area contributed by atoms with E-state index in [9.17, 15) is 9.90 Å². The first-order valence-electron chi connectivity index (χ1n) is 9.75. The van der Waals surface area contributed by atoms with Gasteiger partial charge >= 0.3 is 6.09 Å². The average molecular weight is 397 g/mol. The molecule has 1 amide bonds. The molecule has 2 fully saturated rings. The molecule has 0 aromatic heterocycles. The van der Waals surface area contributed by atoms with Crippen LogP contribution in [0.5, 0.6) is 5.75 Å². The van der Waals surface area contributed by atoms with E-state index in [1.165, 1.54) is 0 Å². The predicted octanol–water partition coefficient (Wildman–Crippen LogP) is 3.17. The molecule has 2 aliphatic rings. The molecule has 0 saturated carbocycles. The molecule has 7 heteroatoms. The highest BCUT2D eigenvalue weighted by Gasteiger charge is 2.36. The van der Waals surface area contributed by atoms with Crippen molar-refractivity contribution in [2.75, 3.05) is 39.4 Å². The monoisotopic (exact) mass is 396 g/mol. The van der Waals surface area contributed by atoms with Crippen molar-refractivity contribution in [3.05, 3.63) is 29.3 Å². The zero-order chi connectivity index (χ0) is 19.3. The van der Waals surface area contributed by atoms with E-state index >= 15 is 0 Å². The Balaban J connectivity index is 1.42. The van der Waals surface area contributed by atoms with Gasteiger partial charge in [-0.2, -0.15) is 0 Å². The second kappa shape index (κ2) is 9.13. The Hall–Kier alpha value is -1.50. The highest BCUT2D eigenvalue weighted by atomic mass is 35.5. The number of amides is 1. The van der Waals surface area contributed by atoms with Gasteiger partial charge in [0.1, 0.15) is 18.0 Å². The SMILES string of the molecule is CCOC(=O)N1CCC(N2CCC(O)(COc3cccc(Cl)c3)CC2)CC1. The lowest BCUT2D eigenvalue weighted by Crippen LogP contribution is -2.53. The molecule has 6 nitrogen and oxygen atoms in total. The third-order valence-electron chi connectivity index (χ3n) is 5.54. The minimum absolute atomic E-state index is 0.206. The first kappa shape index (κ1) is 20.2. The van der Waals surface area contributed by atoms with Crippen molar-refractivity contribution in [1.29, 1.82) is 0 Å². The smallest absolute Gasteiger partial charge is 0.409 e. The fourth-order valence-electron chi connectivity index (χ4n) is 3.85. The molecule has 2 heterocycles. The fraction of sp³-hybridized carbons (Fsp3) is 0.650. The van der Waals surface area contributed by atoms with Gasteiger partial charge in [-0.3, -0.25) is 0 Å². The third-order valence-corrected chi connectivity index (χ3v) is 5.77. The van der Waals surface area contributed by atoms with Crippen LogP contribution in [0.3, 0.4) is 0 Å². The lowest BCUT2D eigenvalue weighted by molar-refractivity contribution is -0.0632. The Morgan fingerprint density at radius 3 is 2.59 bits per heavy atom. The number of aliphatic hydroxyl groups is 1. The van der Waals surface area contributed by atoms with Crippen LogP contribution in [0.25, 0.3) is 0 Å². The highest BCUT2D eigenvalue weighted by molar-refractivity contribution is 6.30. The van der Waals surface area contributed by atoms with Crippen LogP contribution in [0.2, 0.25) is 5.02 Å². The molecule has 2 aliphatic heterocycles. The van der Waals surface area contributed by atoms with Gasteiger partial charge in [0.15, 0.2) is 0 Å². The number of carbonyl (C=O) groups is 1. The molecule has 0 aliphatic carbocycles. The fourth-order valence-corrected chi connectivity index (χ4v) is 4.03. The van der Waals surface area contributed by atoms with Gasteiger partial charge in [0.05, 0.1) is 6.61 Å². The molecule has 1 aromatic rings. The van der Waals surface area contributed by atoms with Crippen LogP contribution in [0.4, 0.5) is 4.79 Å².